The summed E-state index contributed by atoms with van der Waals surface area (Å²) < 4.78 is 16.9. The van der Waals surface area contributed by atoms with Gasteiger partial charge in [-0.2, -0.15) is 0 Å². The van der Waals surface area contributed by atoms with Gasteiger partial charge in [-0.25, -0.2) is 4.98 Å². The number of hydrogen-bond acceptors (Lipinski definition) is 6. The largest absolute Gasteiger partial charge is 0.454 e. The Morgan fingerprint density at radius 2 is 1.69 bits per heavy atom. The van der Waals surface area contributed by atoms with Crippen molar-refractivity contribution in [1.29, 1.82) is 0 Å². The second-order valence-electron chi connectivity index (χ2n) is 8.74. The molecule has 0 bridgehead atoms. The van der Waals surface area contributed by atoms with Gasteiger partial charge in [0.2, 0.25) is 18.3 Å². The van der Waals surface area contributed by atoms with E-state index in [1.54, 1.807) is 0 Å². The Kier molecular flexibility index (Phi) is 4.64. The van der Waals surface area contributed by atoms with Crippen LogP contribution in [0.15, 0.2) is 52.9 Å². The number of benzene rings is 2. The fraction of sp³-hybridized carbons (Fsp3) is 0.200. The molecule has 0 saturated heterocycles. The molecule has 4 aromatic rings. The summed E-state index contributed by atoms with van der Waals surface area (Å²) in [5.74, 6) is 1.28. The molecule has 7 heteroatoms. The van der Waals surface area contributed by atoms with Crippen molar-refractivity contribution in [1.82, 2.24) is 4.98 Å². The number of nitrogens with two attached hydrogens (primary N) is 1. The van der Waals surface area contributed by atoms with Crippen LogP contribution in [0.5, 0.6) is 11.5 Å². The third-order valence-electron chi connectivity index (χ3n) is 5.41. The van der Waals surface area contributed by atoms with Crippen LogP contribution in [0.3, 0.4) is 0 Å². The first-order valence-corrected chi connectivity index (χ1v) is 10.5. The molecule has 6 nitrogen and oxygen atoms in total. The third kappa shape index (κ3) is 3.37. The van der Waals surface area contributed by atoms with E-state index in [1.807, 2.05) is 69.3 Å². The summed E-state index contributed by atoms with van der Waals surface area (Å²) in [6, 6.07) is 15.0. The molecule has 0 unspecified atom stereocenters. The van der Waals surface area contributed by atoms with E-state index in [9.17, 15) is 4.79 Å². The summed E-state index contributed by atoms with van der Waals surface area (Å²) >= 11 is 6.10. The number of nitrogen functional groups attached to an aromatic ring is 1. The first kappa shape index (κ1) is 20.4. The molecule has 2 aromatic heterocycles. The van der Waals surface area contributed by atoms with Gasteiger partial charge in [-0.1, -0.05) is 44.5 Å². The molecule has 32 heavy (non-hydrogen) atoms. The van der Waals surface area contributed by atoms with E-state index in [-0.39, 0.29) is 18.3 Å². The van der Waals surface area contributed by atoms with Gasteiger partial charge in [0.05, 0.1) is 16.8 Å². The highest BCUT2D eigenvalue weighted by Crippen LogP contribution is 2.42. The molecule has 2 N–H and O–H groups in total. The number of ether oxygens (including phenoxy) is 2. The van der Waals surface area contributed by atoms with E-state index in [0.29, 0.717) is 39.0 Å². The van der Waals surface area contributed by atoms with E-state index in [0.717, 1.165) is 16.7 Å². The van der Waals surface area contributed by atoms with Crippen LogP contribution in [0.2, 0.25) is 5.02 Å². The molecule has 3 heterocycles. The summed E-state index contributed by atoms with van der Waals surface area (Å²) in [6.07, 6.45) is 0. The smallest absolute Gasteiger partial charge is 0.231 e. The number of hydrogen-bond donors (Lipinski definition) is 1. The second kappa shape index (κ2) is 7.28. The number of Topliss-reactive ketones (excluding diaryl/α,β-unsaturated/α-hetero) is 1. The Morgan fingerprint density at radius 3 is 2.41 bits per heavy atom. The van der Waals surface area contributed by atoms with Crippen LogP contribution in [-0.4, -0.2) is 17.6 Å². The number of pyridine rings is 1. The summed E-state index contributed by atoms with van der Waals surface area (Å²) in [7, 11) is 0. The number of furan rings is 1. The van der Waals surface area contributed by atoms with Crippen LogP contribution in [0.4, 0.5) is 5.69 Å². The Morgan fingerprint density at radius 1 is 1.00 bits per heavy atom. The van der Waals surface area contributed by atoms with Gasteiger partial charge in [-0.15, -0.1) is 0 Å². The van der Waals surface area contributed by atoms with Gasteiger partial charge in [0.1, 0.15) is 0 Å². The predicted octanol–water partition coefficient (Wildman–Crippen LogP) is 6.35. The van der Waals surface area contributed by atoms with Crippen LogP contribution in [-0.2, 0) is 0 Å². The van der Waals surface area contributed by atoms with Crippen molar-refractivity contribution in [2.45, 2.75) is 20.8 Å². The van der Waals surface area contributed by atoms with Gasteiger partial charge in [0, 0.05) is 21.6 Å². The third-order valence-corrected chi connectivity index (χ3v) is 5.66. The van der Waals surface area contributed by atoms with Crippen molar-refractivity contribution in [3.63, 3.8) is 0 Å². The lowest BCUT2D eigenvalue weighted by Gasteiger charge is -2.14. The Hall–Kier alpha value is -3.51. The van der Waals surface area contributed by atoms with Gasteiger partial charge in [0.25, 0.3) is 0 Å². The number of anilines is 1. The normalized spacial score (nSPS) is 13.0. The van der Waals surface area contributed by atoms with Crippen molar-refractivity contribution in [2.75, 3.05) is 12.5 Å². The lowest BCUT2D eigenvalue weighted by Crippen LogP contribution is -2.20. The summed E-state index contributed by atoms with van der Waals surface area (Å²) in [6.45, 7) is 5.66. The molecule has 162 valence electrons. The standard InChI is InChI=1S/C25H21ClN2O4/c1-25(2,3)23(29)22-20(27)17-11-16(13-4-7-15(26)8-5-13)21(28-24(17)32-22)14-6-9-18-19(10-14)31-12-30-18/h4-11H,12,27H2,1-3H3. The van der Waals surface area contributed by atoms with Gasteiger partial charge in [0.15, 0.2) is 17.3 Å². The number of nitrogens with zero attached hydrogens (tertiary/aromatic N) is 1. The molecule has 1 aliphatic rings. The van der Waals surface area contributed by atoms with E-state index < -0.39 is 5.41 Å². The molecule has 2 aromatic carbocycles. The number of carbonyl (C=O) groups excluding carboxylic acids is 1. The molecule has 0 atom stereocenters. The van der Waals surface area contributed by atoms with E-state index in [1.165, 1.54) is 0 Å². The van der Waals surface area contributed by atoms with E-state index >= 15 is 0 Å². The lowest BCUT2D eigenvalue weighted by atomic mass is 9.89. The zero-order valence-electron chi connectivity index (χ0n) is 17.9. The monoisotopic (exact) mass is 448 g/mol. The van der Waals surface area contributed by atoms with E-state index in [2.05, 4.69) is 0 Å². The van der Waals surface area contributed by atoms with Crippen LogP contribution in [0.1, 0.15) is 31.3 Å². The highest BCUT2D eigenvalue weighted by atomic mass is 35.5. The van der Waals surface area contributed by atoms with Crippen molar-refractivity contribution in [3.8, 4) is 33.9 Å². The minimum absolute atomic E-state index is 0.130. The molecule has 5 rings (SSSR count). The SMILES string of the molecule is CC(C)(C)C(=O)c1oc2nc(-c3ccc4c(c3)OCO4)c(-c3ccc(Cl)cc3)cc2c1N. The number of halogens is 1. The minimum atomic E-state index is -0.638. The second-order valence-corrected chi connectivity index (χ2v) is 9.17. The molecule has 1 aliphatic heterocycles. The minimum Gasteiger partial charge on any atom is -0.454 e. The van der Waals surface area contributed by atoms with Gasteiger partial charge in [-0.3, -0.25) is 4.79 Å². The Balaban J connectivity index is 1.76. The maximum Gasteiger partial charge on any atom is 0.231 e. The van der Waals surface area contributed by atoms with Gasteiger partial charge in [-0.05, 0) is 42.0 Å². The Labute approximate surface area is 189 Å². The molecular formula is C25H21ClN2O4. The van der Waals surface area contributed by atoms with Crippen molar-refractivity contribution in [3.05, 3.63) is 59.3 Å². The van der Waals surface area contributed by atoms with Crippen molar-refractivity contribution < 1.29 is 18.7 Å². The Bertz CT molecular complexity index is 1370. The molecule has 0 amide bonds. The fourth-order valence-corrected chi connectivity index (χ4v) is 3.79. The van der Waals surface area contributed by atoms with Crippen molar-refractivity contribution >= 4 is 34.2 Å². The quantitative estimate of drug-likeness (QED) is 0.367. The number of aromatic nitrogens is 1. The van der Waals surface area contributed by atoms with Crippen LogP contribution < -0.4 is 15.2 Å². The zero-order valence-corrected chi connectivity index (χ0v) is 18.6. The fourth-order valence-electron chi connectivity index (χ4n) is 3.66. The highest BCUT2D eigenvalue weighted by molar-refractivity contribution is 6.30. The highest BCUT2D eigenvalue weighted by Gasteiger charge is 2.30. The molecule has 0 aliphatic carbocycles. The van der Waals surface area contributed by atoms with Gasteiger partial charge >= 0.3 is 0 Å². The van der Waals surface area contributed by atoms with Gasteiger partial charge < -0.3 is 19.6 Å². The predicted molar refractivity (Wildman–Crippen MR) is 124 cm³/mol. The van der Waals surface area contributed by atoms with Crippen LogP contribution in [0.25, 0.3) is 33.5 Å². The average molecular weight is 449 g/mol. The summed E-state index contributed by atoms with van der Waals surface area (Å²) in [5, 5.41) is 1.22. The number of ketones is 1. The molecule has 0 spiro atoms. The summed E-state index contributed by atoms with van der Waals surface area (Å²) in [4.78, 5) is 17.7. The molecular weight excluding hydrogens is 428 g/mol. The number of carbonyl (C=O) groups is 1. The summed E-state index contributed by atoms with van der Waals surface area (Å²) in [5.41, 5.74) is 9.54. The van der Waals surface area contributed by atoms with E-state index in [4.69, 9.17) is 36.2 Å². The first-order valence-electron chi connectivity index (χ1n) is 10.2. The average Bonchev–Trinajstić information content (AvgIpc) is 3.36. The number of rotatable bonds is 3. The zero-order chi connectivity index (χ0) is 22.6. The molecule has 0 radical (unpaired) electrons. The van der Waals surface area contributed by atoms with Crippen LogP contribution in [0, 0.1) is 5.41 Å². The van der Waals surface area contributed by atoms with Crippen molar-refractivity contribution in [2.24, 2.45) is 5.41 Å². The molecule has 0 fully saturated rings. The maximum atomic E-state index is 12.9. The van der Waals surface area contributed by atoms with Crippen LogP contribution >= 0.6 is 11.6 Å². The number of fused-ring (bicyclic) bond motifs is 2. The first-order chi connectivity index (χ1) is 15.2. The lowest BCUT2D eigenvalue weighted by molar-refractivity contribution is 0.0832. The molecule has 0 saturated carbocycles. The maximum absolute atomic E-state index is 12.9. The topological polar surface area (TPSA) is 87.6 Å².